The molecule has 1 aromatic carbocycles. The zero-order valence-corrected chi connectivity index (χ0v) is 10.4. The second-order valence-electron chi connectivity index (χ2n) is 4.67. The summed E-state index contributed by atoms with van der Waals surface area (Å²) in [4.78, 5) is 11.7. The first-order chi connectivity index (χ1) is 8.75. The molecule has 1 aliphatic heterocycles. The van der Waals surface area contributed by atoms with Gasteiger partial charge in [-0.1, -0.05) is 12.1 Å². The third-order valence-corrected chi connectivity index (χ3v) is 3.30. The summed E-state index contributed by atoms with van der Waals surface area (Å²) in [6, 6.07) is 6.53. The number of benzene rings is 1. The Labute approximate surface area is 107 Å². The van der Waals surface area contributed by atoms with Crippen molar-refractivity contribution in [2.45, 2.75) is 25.7 Å². The third kappa shape index (κ3) is 3.74. The van der Waals surface area contributed by atoms with Crippen LogP contribution in [0.25, 0.3) is 0 Å². The lowest BCUT2D eigenvalue weighted by atomic mass is 9.93. The number of piperidine rings is 1. The minimum Gasteiger partial charge on any atom is -0.504 e. The second kappa shape index (κ2) is 6.40. The zero-order valence-electron chi connectivity index (χ0n) is 10.4. The molecular weight excluding hydrogens is 230 g/mol. The molecule has 18 heavy (non-hydrogen) atoms. The van der Waals surface area contributed by atoms with Gasteiger partial charge in [0.1, 0.15) is 0 Å². The second-order valence-corrected chi connectivity index (χ2v) is 4.67. The molecule has 0 aliphatic carbocycles. The van der Waals surface area contributed by atoms with Gasteiger partial charge in [0.15, 0.2) is 11.5 Å². The van der Waals surface area contributed by atoms with Crippen LogP contribution < -0.4 is 10.1 Å². The van der Waals surface area contributed by atoms with Gasteiger partial charge in [-0.3, -0.25) is 4.79 Å². The molecule has 0 unspecified atom stereocenters. The summed E-state index contributed by atoms with van der Waals surface area (Å²) in [5.41, 5.74) is 0. The maximum absolute atomic E-state index is 11.7. The summed E-state index contributed by atoms with van der Waals surface area (Å²) < 4.78 is 5.13. The number of esters is 1. The van der Waals surface area contributed by atoms with Crippen molar-refractivity contribution in [3.8, 4) is 11.5 Å². The minimum atomic E-state index is -0.268. The molecule has 0 amide bonds. The normalized spacial score (nSPS) is 16.4. The summed E-state index contributed by atoms with van der Waals surface area (Å²) in [5.74, 6) is 0.596. The Bertz CT molecular complexity index is 400. The van der Waals surface area contributed by atoms with E-state index in [1.807, 2.05) is 0 Å². The standard InChI is InChI=1S/C14H19NO3/c16-12-3-1-2-4-13(12)18-14(17)6-5-11-7-9-15-10-8-11/h1-4,11,15-16H,5-10H2. The largest absolute Gasteiger partial charge is 0.504 e. The molecule has 1 heterocycles. The van der Waals surface area contributed by atoms with Gasteiger partial charge >= 0.3 is 5.97 Å². The smallest absolute Gasteiger partial charge is 0.311 e. The lowest BCUT2D eigenvalue weighted by Crippen LogP contribution is -2.28. The fraction of sp³-hybridized carbons (Fsp3) is 0.500. The quantitative estimate of drug-likeness (QED) is 0.633. The highest BCUT2D eigenvalue weighted by molar-refractivity contribution is 5.73. The van der Waals surface area contributed by atoms with Gasteiger partial charge in [0, 0.05) is 6.42 Å². The monoisotopic (exact) mass is 249 g/mol. The molecule has 1 saturated heterocycles. The molecule has 0 bridgehead atoms. The SMILES string of the molecule is O=C(CCC1CCNCC1)Oc1ccccc1O. The first kappa shape index (κ1) is 12.9. The van der Waals surface area contributed by atoms with Crippen LogP contribution in [0.5, 0.6) is 11.5 Å². The number of carbonyl (C=O) groups is 1. The number of phenolic OH excluding ortho intramolecular Hbond substituents is 1. The number of para-hydroxylation sites is 2. The summed E-state index contributed by atoms with van der Waals surface area (Å²) >= 11 is 0. The molecule has 2 N–H and O–H groups in total. The fourth-order valence-corrected chi connectivity index (χ4v) is 2.21. The van der Waals surface area contributed by atoms with E-state index in [0.717, 1.165) is 32.4 Å². The maximum atomic E-state index is 11.7. The van der Waals surface area contributed by atoms with E-state index in [1.54, 1.807) is 18.2 Å². The Morgan fingerprint density at radius 1 is 1.33 bits per heavy atom. The van der Waals surface area contributed by atoms with E-state index in [4.69, 9.17) is 4.74 Å². The van der Waals surface area contributed by atoms with Crippen LogP contribution in [-0.4, -0.2) is 24.2 Å². The van der Waals surface area contributed by atoms with Gasteiger partial charge < -0.3 is 15.2 Å². The van der Waals surface area contributed by atoms with E-state index >= 15 is 0 Å². The van der Waals surface area contributed by atoms with Gasteiger partial charge in [-0.25, -0.2) is 0 Å². The Balaban J connectivity index is 1.76. The van der Waals surface area contributed by atoms with Crippen molar-refractivity contribution in [3.63, 3.8) is 0 Å². The van der Waals surface area contributed by atoms with Gasteiger partial charge in [0.2, 0.25) is 0 Å². The van der Waals surface area contributed by atoms with Crippen molar-refractivity contribution >= 4 is 5.97 Å². The molecule has 1 fully saturated rings. The van der Waals surface area contributed by atoms with Crippen LogP contribution in [0.3, 0.4) is 0 Å². The number of rotatable bonds is 4. The van der Waals surface area contributed by atoms with Crippen LogP contribution in [0.4, 0.5) is 0 Å². The van der Waals surface area contributed by atoms with Crippen LogP contribution in [0.1, 0.15) is 25.7 Å². The van der Waals surface area contributed by atoms with Gasteiger partial charge in [-0.15, -0.1) is 0 Å². The van der Waals surface area contributed by atoms with Crippen LogP contribution >= 0.6 is 0 Å². The number of ether oxygens (including phenoxy) is 1. The van der Waals surface area contributed by atoms with Crippen LogP contribution in [-0.2, 0) is 4.79 Å². The average Bonchev–Trinajstić information content (AvgIpc) is 2.40. The van der Waals surface area contributed by atoms with Crippen molar-refractivity contribution in [3.05, 3.63) is 24.3 Å². The van der Waals surface area contributed by atoms with E-state index < -0.39 is 0 Å². The summed E-state index contributed by atoms with van der Waals surface area (Å²) in [5, 5.41) is 12.8. The number of aromatic hydroxyl groups is 1. The van der Waals surface area contributed by atoms with E-state index in [0.29, 0.717) is 12.3 Å². The van der Waals surface area contributed by atoms with Gasteiger partial charge in [-0.05, 0) is 50.4 Å². The van der Waals surface area contributed by atoms with Crippen LogP contribution in [0.2, 0.25) is 0 Å². The summed E-state index contributed by atoms with van der Waals surface area (Å²) in [6.45, 7) is 2.08. The molecule has 4 nitrogen and oxygen atoms in total. The fourth-order valence-electron chi connectivity index (χ4n) is 2.21. The Morgan fingerprint density at radius 3 is 2.78 bits per heavy atom. The topological polar surface area (TPSA) is 58.6 Å². The van der Waals surface area contributed by atoms with Crippen molar-refractivity contribution in [2.24, 2.45) is 5.92 Å². The number of phenols is 1. The van der Waals surface area contributed by atoms with Crippen molar-refractivity contribution in [2.75, 3.05) is 13.1 Å². The molecule has 0 saturated carbocycles. The molecule has 0 radical (unpaired) electrons. The first-order valence-corrected chi connectivity index (χ1v) is 6.45. The predicted molar refractivity (Wildman–Crippen MR) is 68.6 cm³/mol. The molecule has 0 aromatic heterocycles. The van der Waals surface area contributed by atoms with Gasteiger partial charge in [0.25, 0.3) is 0 Å². The molecule has 98 valence electrons. The Morgan fingerprint density at radius 2 is 2.06 bits per heavy atom. The lowest BCUT2D eigenvalue weighted by Gasteiger charge is -2.21. The van der Waals surface area contributed by atoms with Crippen molar-refractivity contribution < 1.29 is 14.6 Å². The first-order valence-electron chi connectivity index (χ1n) is 6.45. The van der Waals surface area contributed by atoms with E-state index in [-0.39, 0.29) is 17.5 Å². The molecule has 4 heteroatoms. The number of nitrogens with one attached hydrogen (secondary N) is 1. The highest BCUT2D eigenvalue weighted by Crippen LogP contribution is 2.25. The van der Waals surface area contributed by atoms with Crippen molar-refractivity contribution in [1.82, 2.24) is 5.32 Å². The Kier molecular flexibility index (Phi) is 4.59. The Hall–Kier alpha value is -1.55. The minimum absolute atomic E-state index is 0.00714. The predicted octanol–water partition coefficient (Wildman–Crippen LogP) is 2.08. The highest BCUT2D eigenvalue weighted by atomic mass is 16.5. The van der Waals surface area contributed by atoms with Crippen LogP contribution in [0.15, 0.2) is 24.3 Å². The molecule has 2 rings (SSSR count). The molecule has 1 aromatic rings. The number of hydrogen-bond donors (Lipinski definition) is 2. The molecule has 0 atom stereocenters. The lowest BCUT2D eigenvalue weighted by molar-refractivity contribution is -0.134. The number of carbonyl (C=O) groups excluding carboxylic acids is 1. The highest BCUT2D eigenvalue weighted by Gasteiger charge is 2.15. The van der Waals surface area contributed by atoms with Gasteiger partial charge in [0.05, 0.1) is 0 Å². The van der Waals surface area contributed by atoms with E-state index in [2.05, 4.69) is 5.32 Å². The molecule has 0 spiro atoms. The zero-order chi connectivity index (χ0) is 12.8. The van der Waals surface area contributed by atoms with Crippen LogP contribution in [0, 0.1) is 5.92 Å². The maximum Gasteiger partial charge on any atom is 0.311 e. The van der Waals surface area contributed by atoms with Crippen molar-refractivity contribution in [1.29, 1.82) is 0 Å². The summed E-state index contributed by atoms with van der Waals surface area (Å²) in [7, 11) is 0. The molecule has 1 aliphatic rings. The van der Waals surface area contributed by atoms with E-state index in [9.17, 15) is 9.90 Å². The number of hydrogen-bond acceptors (Lipinski definition) is 4. The molecular formula is C14H19NO3. The average molecular weight is 249 g/mol. The third-order valence-electron chi connectivity index (χ3n) is 3.30. The van der Waals surface area contributed by atoms with E-state index in [1.165, 1.54) is 6.07 Å². The van der Waals surface area contributed by atoms with Gasteiger partial charge in [-0.2, -0.15) is 0 Å². The summed E-state index contributed by atoms with van der Waals surface area (Å²) in [6.07, 6.45) is 3.54.